The van der Waals surface area contributed by atoms with E-state index in [1.807, 2.05) is 30.3 Å². The number of aliphatic carboxylic acids is 1. The van der Waals surface area contributed by atoms with Gasteiger partial charge in [-0.3, -0.25) is 14.5 Å². The fourth-order valence-corrected chi connectivity index (χ4v) is 2.50. The number of rotatable bonds is 6. The average molecular weight is 276 g/mol. The molecule has 1 heterocycles. The van der Waals surface area contributed by atoms with Gasteiger partial charge in [-0.25, -0.2) is 0 Å². The highest BCUT2D eigenvalue weighted by Crippen LogP contribution is 2.16. The Bertz CT molecular complexity index is 455. The second kappa shape index (κ2) is 7.05. The maximum atomic E-state index is 12.0. The van der Waals surface area contributed by atoms with Gasteiger partial charge in [-0.05, 0) is 31.5 Å². The van der Waals surface area contributed by atoms with Crippen molar-refractivity contribution in [2.75, 3.05) is 19.6 Å². The number of benzene rings is 1. The number of carbonyl (C=O) groups excluding carboxylic acids is 1. The van der Waals surface area contributed by atoms with Gasteiger partial charge >= 0.3 is 5.97 Å². The molecule has 1 saturated heterocycles. The number of carbonyl (C=O) groups is 2. The SMILES string of the molecule is O=C(O)C[C@@H](NC(=O)CN1CCCC1)c1ccccc1. The molecule has 1 aliphatic heterocycles. The van der Waals surface area contributed by atoms with E-state index in [9.17, 15) is 9.59 Å². The molecule has 5 nitrogen and oxygen atoms in total. The molecule has 0 aliphatic carbocycles. The van der Waals surface area contributed by atoms with Gasteiger partial charge in [-0.1, -0.05) is 30.3 Å². The maximum Gasteiger partial charge on any atom is 0.305 e. The Kier molecular flexibility index (Phi) is 5.12. The first-order chi connectivity index (χ1) is 9.65. The molecule has 1 atom stereocenters. The second-order valence-corrected chi connectivity index (χ2v) is 5.11. The molecule has 5 heteroatoms. The largest absolute Gasteiger partial charge is 0.481 e. The fraction of sp³-hybridized carbons (Fsp3) is 0.467. The van der Waals surface area contributed by atoms with Crippen LogP contribution in [0.1, 0.15) is 30.9 Å². The zero-order valence-corrected chi connectivity index (χ0v) is 11.4. The molecule has 2 N–H and O–H groups in total. The van der Waals surface area contributed by atoms with Crippen LogP contribution in [-0.4, -0.2) is 41.5 Å². The summed E-state index contributed by atoms with van der Waals surface area (Å²) in [4.78, 5) is 25.1. The lowest BCUT2D eigenvalue weighted by Crippen LogP contribution is -2.38. The predicted molar refractivity (Wildman–Crippen MR) is 75.3 cm³/mol. The highest BCUT2D eigenvalue weighted by molar-refractivity contribution is 5.79. The molecule has 0 aromatic heterocycles. The Hall–Kier alpha value is -1.88. The standard InChI is InChI=1S/C15H20N2O3/c18-14(11-17-8-4-5-9-17)16-13(10-15(19)20)12-6-2-1-3-7-12/h1-3,6-7,13H,4-5,8-11H2,(H,16,18)(H,19,20)/t13-/m1/s1. The smallest absolute Gasteiger partial charge is 0.305 e. The molecule has 1 aromatic rings. The minimum Gasteiger partial charge on any atom is -0.481 e. The van der Waals surface area contributed by atoms with Crippen LogP contribution in [0.25, 0.3) is 0 Å². The van der Waals surface area contributed by atoms with Gasteiger partial charge in [0.25, 0.3) is 0 Å². The number of nitrogens with zero attached hydrogens (tertiary/aromatic N) is 1. The lowest BCUT2D eigenvalue weighted by atomic mass is 10.0. The molecule has 1 aromatic carbocycles. The molecular weight excluding hydrogens is 256 g/mol. The van der Waals surface area contributed by atoms with Crippen molar-refractivity contribution in [3.8, 4) is 0 Å². The topological polar surface area (TPSA) is 69.6 Å². The van der Waals surface area contributed by atoms with Crippen LogP contribution in [0.4, 0.5) is 0 Å². The van der Waals surface area contributed by atoms with Crippen molar-refractivity contribution in [2.45, 2.75) is 25.3 Å². The Labute approximate surface area is 118 Å². The van der Waals surface area contributed by atoms with Crippen molar-refractivity contribution in [1.82, 2.24) is 10.2 Å². The molecule has 1 fully saturated rings. The van der Waals surface area contributed by atoms with Crippen LogP contribution in [-0.2, 0) is 9.59 Å². The van der Waals surface area contributed by atoms with Crippen molar-refractivity contribution in [1.29, 1.82) is 0 Å². The quantitative estimate of drug-likeness (QED) is 0.824. The summed E-state index contributed by atoms with van der Waals surface area (Å²) in [6.45, 7) is 2.24. The van der Waals surface area contributed by atoms with Gasteiger partial charge in [0.15, 0.2) is 0 Å². The Balaban J connectivity index is 1.96. The highest BCUT2D eigenvalue weighted by atomic mass is 16.4. The van der Waals surface area contributed by atoms with Crippen molar-refractivity contribution in [3.05, 3.63) is 35.9 Å². The van der Waals surface area contributed by atoms with E-state index in [1.165, 1.54) is 0 Å². The highest BCUT2D eigenvalue weighted by Gasteiger charge is 2.20. The Morgan fingerprint density at radius 2 is 1.85 bits per heavy atom. The first-order valence-electron chi connectivity index (χ1n) is 6.93. The molecule has 0 saturated carbocycles. The van der Waals surface area contributed by atoms with Crippen LogP contribution in [0.2, 0.25) is 0 Å². The number of likely N-dealkylation sites (tertiary alicyclic amines) is 1. The monoisotopic (exact) mass is 276 g/mol. The average Bonchev–Trinajstić information content (AvgIpc) is 2.91. The van der Waals surface area contributed by atoms with E-state index >= 15 is 0 Å². The first-order valence-corrected chi connectivity index (χ1v) is 6.93. The number of hydrogen-bond acceptors (Lipinski definition) is 3. The summed E-state index contributed by atoms with van der Waals surface area (Å²) in [5.41, 5.74) is 0.824. The van der Waals surface area contributed by atoms with E-state index in [4.69, 9.17) is 5.11 Å². The van der Waals surface area contributed by atoms with Crippen LogP contribution >= 0.6 is 0 Å². The molecule has 0 unspecified atom stereocenters. The lowest BCUT2D eigenvalue weighted by Gasteiger charge is -2.20. The van der Waals surface area contributed by atoms with Gasteiger partial charge < -0.3 is 10.4 Å². The fourth-order valence-electron chi connectivity index (χ4n) is 2.50. The van der Waals surface area contributed by atoms with Crippen molar-refractivity contribution in [3.63, 3.8) is 0 Å². The van der Waals surface area contributed by atoms with E-state index < -0.39 is 12.0 Å². The molecule has 0 bridgehead atoms. The van der Waals surface area contributed by atoms with Crippen LogP contribution in [0.3, 0.4) is 0 Å². The van der Waals surface area contributed by atoms with Gasteiger partial charge in [0.2, 0.25) is 5.91 Å². The van der Waals surface area contributed by atoms with E-state index in [-0.39, 0.29) is 12.3 Å². The van der Waals surface area contributed by atoms with Crippen molar-refractivity contribution < 1.29 is 14.7 Å². The number of carboxylic acid groups (broad SMARTS) is 1. The zero-order chi connectivity index (χ0) is 14.4. The first kappa shape index (κ1) is 14.5. The van der Waals surface area contributed by atoms with E-state index in [0.29, 0.717) is 6.54 Å². The minimum atomic E-state index is -0.916. The Morgan fingerprint density at radius 1 is 1.20 bits per heavy atom. The van der Waals surface area contributed by atoms with E-state index in [0.717, 1.165) is 31.5 Å². The number of carboxylic acids is 1. The van der Waals surface area contributed by atoms with Crippen LogP contribution in [0.15, 0.2) is 30.3 Å². The predicted octanol–water partition coefficient (Wildman–Crippen LogP) is 1.41. The molecule has 0 spiro atoms. The summed E-state index contributed by atoms with van der Waals surface area (Å²) in [5, 5.41) is 11.8. The third-order valence-electron chi connectivity index (χ3n) is 3.48. The minimum absolute atomic E-state index is 0.101. The molecule has 20 heavy (non-hydrogen) atoms. The van der Waals surface area contributed by atoms with Crippen LogP contribution in [0.5, 0.6) is 0 Å². The number of hydrogen-bond donors (Lipinski definition) is 2. The third-order valence-corrected chi connectivity index (χ3v) is 3.48. The zero-order valence-electron chi connectivity index (χ0n) is 11.4. The van der Waals surface area contributed by atoms with E-state index in [1.54, 1.807) is 0 Å². The maximum absolute atomic E-state index is 12.0. The van der Waals surface area contributed by atoms with Crippen LogP contribution < -0.4 is 5.32 Å². The number of nitrogens with one attached hydrogen (secondary N) is 1. The Morgan fingerprint density at radius 3 is 2.45 bits per heavy atom. The molecule has 108 valence electrons. The molecule has 1 aliphatic rings. The summed E-state index contributed by atoms with van der Waals surface area (Å²) in [6, 6.07) is 8.76. The van der Waals surface area contributed by atoms with Gasteiger partial charge in [0, 0.05) is 0 Å². The van der Waals surface area contributed by atoms with Crippen LogP contribution in [0, 0.1) is 0 Å². The van der Waals surface area contributed by atoms with Gasteiger partial charge in [-0.15, -0.1) is 0 Å². The van der Waals surface area contributed by atoms with Crippen molar-refractivity contribution >= 4 is 11.9 Å². The van der Waals surface area contributed by atoms with E-state index in [2.05, 4.69) is 10.2 Å². The van der Waals surface area contributed by atoms with Gasteiger partial charge in [-0.2, -0.15) is 0 Å². The van der Waals surface area contributed by atoms with Gasteiger partial charge in [0.05, 0.1) is 19.0 Å². The van der Waals surface area contributed by atoms with Crippen molar-refractivity contribution in [2.24, 2.45) is 0 Å². The third kappa shape index (κ3) is 4.35. The lowest BCUT2D eigenvalue weighted by molar-refractivity contribution is -0.137. The molecule has 0 radical (unpaired) electrons. The summed E-state index contributed by atoms with van der Waals surface area (Å²) in [6.07, 6.45) is 2.16. The summed E-state index contributed by atoms with van der Waals surface area (Å²) < 4.78 is 0. The summed E-state index contributed by atoms with van der Waals surface area (Å²) in [7, 11) is 0. The normalized spacial score (nSPS) is 16.8. The summed E-state index contributed by atoms with van der Waals surface area (Å²) >= 11 is 0. The summed E-state index contributed by atoms with van der Waals surface area (Å²) in [5.74, 6) is -1.03. The second-order valence-electron chi connectivity index (χ2n) is 5.11. The van der Waals surface area contributed by atoms with Gasteiger partial charge in [0.1, 0.15) is 0 Å². The number of amides is 1. The molecule has 2 rings (SSSR count). The molecular formula is C15H20N2O3. The molecule has 1 amide bonds.